The molecule has 0 aliphatic rings. The fourth-order valence-corrected chi connectivity index (χ4v) is 2.99. The zero-order valence-corrected chi connectivity index (χ0v) is 21.7. The number of benzene rings is 2. The number of alkyl halides is 3. The van der Waals surface area contributed by atoms with Gasteiger partial charge >= 0.3 is 17.9 Å². The first kappa shape index (κ1) is 30.0. The van der Waals surface area contributed by atoms with E-state index in [-0.39, 0.29) is 30.3 Å². The zero-order chi connectivity index (χ0) is 28.2. The number of likely N-dealkylation sites (N-methyl/N-ethyl adjacent to an activating group) is 1. The van der Waals surface area contributed by atoms with Gasteiger partial charge in [-0.05, 0) is 42.5 Å². The van der Waals surface area contributed by atoms with Crippen LogP contribution < -0.4 is 10.5 Å². The first-order valence-electron chi connectivity index (χ1n) is 10.3. The van der Waals surface area contributed by atoms with Crippen LogP contribution in [0, 0.1) is 0 Å². The number of halogens is 4. The number of ether oxygens (including phenoxy) is 1. The van der Waals surface area contributed by atoms with Gasteiger partial charge < -0.3 is 13.6 Å². The second-order valence-electron chi connectivity index (χ2n) is 8.81. The Kier molecular flexibility index (Phi) is 9.30. The highest BCUT2D eigenvalue weighted by Gasteiger charge is 2.30. The van der Waals surface area contributed by atoms with Gasteiger partial charge in [0, 0.05) is 16.1 Å². The van der Waals surface area contributed by atoms with Crippen molar-refractivity contribution in [3.8, 4) is 17.2 Å². The summed E-state index contributed by atoms with van der Waals surface area (Å²) in [6.45, 7) is -0.0133. The lowest BCUT2D eigenvalue weighted by Crippen LogP contribution is -2.41. The fourth-order valence-electron chi connectivity index (χ4n) is 2.80. The Labute approximate surface area is 215 Å². The summed E-state index contributed by atoms with van der Waals surface area (Å²) in [4.78, 5) is 24.5. The van der Waals surface area contributed by atoms with Gasteiger partial charge in [0.05, 0.1) is 39.5 Å². The number of hydrogen-bond donors (Lipinski definition) is 1. The molecule has 10 nitrogen and oxygen atoms in total. The van der Waals surface area contributed by atoms with Crippen molar-refractivity contribution in [1.82, 2.24) is 9.78 Å². The number of aromatic nitrogens is 2. The summed E-state index contributed by atoms with van der Waals surface area (Å²) in [6.07, 6.45) is -3.77. The van der Waals surface area contributed by atoms with Crippen molar-refractivity contribution >= 4 is 27.7 Å². The number of esters is 1. The van der Waals surface area contributed by atoms with E-state index in [1.165, 1.54) is 12.1 Å². The van der Waals surface area contributed by atoms with Crippen molar-refractivity contribution in [2.24, 2.45) is 0 Å². The van der Waals surface area contributed by atoms with E-state index in [4.69, 9.17) is 25.3 Å². The van der Waals surface area contributed by atoms with E-state index in [2.05, 4.69) is 5.10 Å². The van der Waals surface area contributed by atoms with E-state index in [1.54, 1.807) is 6.07 Å². The van der Waals surface area contributed by atoms with Gasteiger partial charge in [0.25, 0.3) is 10.1 Å². The largest absolute Gasteiger partial charge is 0.437 e. The molecule has 0 amide bonds. The molecule has 3 rings (SSSR count). The Morgan fingerprint density at radius 3 is 2.24 bits per heavy atom. The van der Waals surface area contributed by atoms with Crippen LogP contribution in [-0.4, -0.2) is 67.1 Å². The molecular formula is C22H24ClF3N3O7S+. The topological polar surface area (TPSA) is 129 Å². The molecular weight excluding hydrogens is 543 g/mol. The fraction of sp³-hybridized carbons (Fsp3) is 0.318. The molecule has 0 saturated heterocycles. The first-order valence-corrected chi connectivity index (χ1v) is 12.5. The summed E-state index contributed by atoms with van der Waals surface area (Å²) in [5.74, 6) is -1.24. The highest BCUT2D eigenvalue weighted by Crippen LogP contribution is 2.30. The number of carbonyl (C=O) groups is 1. The maximum Gasteiger partial charge on any atom is 0.437 e. The summed E-state index contributed by atoms with van der Waals surface area (Å²) in [7, 11) is 1.84. The Bertz CT molecular complexity index is 1400. The van der Waals surface area contributed by atoms with Crippen LogP contribution in [0.25, 0.3) is 11.5 Å². The van der Waals surface area contributed by atoms with Crippen LogP contribution in [0.4, 0.5) is 13.2 Å². The molecule has 0 fully saturated rings. The average molecular weight is 567 g/mol. The van der Waals surface area contributed by atoms with Crippen LogP contribution >= 0.6 is 11.6 Å². The van der Waals surface area contributed by atoms with Crippen molar-refractivity contribution < 1.29 is 44.6 Å². The predicted octanol–water partition coefficient (Wildman–Crippen LogP) is 3.34. The molecule has 37 heavy (non-hydrogen) atoms. The summed E-state index contributed by atoms with van der Waals surface area (Å²) < 4.78 is 75.9. The molecule has 15 heteroatoms. The SMILES string of the molecule is CS(=O)(=O)O.C[N+](C)(C)CC(=O)Oc1ccc(Cl)cc1Cn1nc(-c2ccc(C(F)(F)F)cc2)oc1=O. The molecule has 3 aromatic rings. The molecule has 0 aliphatic heterocycles. The molecule has 1 aromatic heterocycles. The monoisotopic (exact) mass is 566 g/mol. The molecule has 0 unspecified atom stereocenters. The third-order valence-electron chi connectivity index (χ3n) is 4.24. The van der Waals surface area contributed by atoms with Crippen molar-refractivity contribution in [3.05, 3.63) is 69.2 Å². The summed E-state index contributed by atoms with van der Waals surface area (Å²) in [5.41, 5.74) is -0.224. The molecule has 0 saturated carbocycles. The minimum atomic E-state index is -4.48. The number of rotatable bonds is 6. The lowest BCUT2D eigenvalue weighted by atomic mass is 10.1. The van der Waals surface area contributed by atoms with Gasteiger partial charge in [-0.15, -0.1) is 5.10 Å². The van der Waals surface area contributed by atoms with Crippen molar-refractivity contribution in [3.63, 3.8) is 0 Å². The second kappa shape index (κ2) is 11.5. The summed E-state index contributed by atoms with van der Waals surface area (Å²) >= 11 is 6.05. The second-order valence-corrected chi connectivity index (χ2v) is 10.7. The number of carbonyl (C=O) groups excluding carboxylic acids is 1. The highest BCUT2D eigenvalue weighted by atomic mass is 35.5. The number of nitrogens with zero attached hydrogens (tertiary/aromatic N) is 3. The maximum atomic E-state index is 12.7. The molecule has 0 aliphatic carbocycles. The van der Waals surface area contributed by atoms with Crippen LogP contribution in [0.3, 0.4) is 0 Å². The highest BCUT2D eigenvalue weighted by molar-refractivity contribution is 7.85. The van der Waals surface area contributed by atoms with Crippen LogP contribution in [0.2, 0.25) is 5.02 Å². The summed E-state index contributed by atoms with van der Waals surface area (Å²) in [5, 5.41) is 4.40. The zero-order valence-electron chi connectivity index (χ0n) is 20.1. The molecule has 1 heterocycles. The van der Waals surface area contributed by atoms with E-state index < -0.39 is 33.6 Å². The molecule has 202 valence electrons. The number of hydrogen-bond acceptors (Lipinski definition) is 7. The van der Waals surface area contributed by atoms with Gasteiger partial charge in [-0.3, -0.25) is 4.55 Å². The van der Waals surface area contributed by atoms with Crippen molar-refractivity contribution in [2.75, 3.05) is 33.9 Å². The quantitative estimate of drug-likeness (QED) is 0.208. The van der Waals surface area contributed by atoms with Crippen LogP contribution in [0.1, 0.15) is 11.1 Å². The first-order chi connectivity index (χ1) is 16.8. The molecule has 1 N–H and O–H groups in total. The van der Waals surface area contributed by atoms with Gasteiger partial charge in [0.1, 0.15) is 5.75 Å². The van der Waals surface area contributed by atoms with Crippen molar-refractivity contribution in [1.29, 1.82) is 0 Å². The van der Waals surface area contributed by atoms with Crippen LogP contribution in [0.5, 0.6) is 5.75 Å². The molecule has 0 spiro atoms. The maximum absolute atomic E-state index is 12.7. The Morgan fingerprint density at radius 1 is 1.16 bits per heavy atom. The van der Waals surface area contributed by atoms with Gasteiger partial charge in [-0.25, -0.2) is 9.59 Å². The predicted molar refractivity (Wildman–Crippen MR) is 128 cm³/mol. The average Bonchev–Trinajstić information content (AvgIpc) is 3.07. The standard InChI is InChI=1S/C21H20ClF3N3O4.CH4O3S/c1-28(2,3)12-18(29)31-17-9-8-16(22)10-14(17)11-27-20(30)32-19(26-27)13-4-6-15(7-5-13)21(23,24)25;1-5(2,3)4/h4-10H,11-12H2,1-3H3;1H3,(H,2,3,4)/q+1;. The van der Waals surface area contributed by atoms with Gasteiger partial charge in [0.2, 0.25) is 5.89 Å². The van der Waals surface area contributed by atoms with Crippen LogP contribution in [-0.2, 0) is 27.6 Å². The minimum absolute atomic E-state index is 0.115. The van der Waals surface area contributed by atoms with E-state index in [0.717, 1.165) is 28.9 Å². The van der Waals surface area contributed by atoms with Gasteiger partial charge in [-0.1, -0.05) is 11.6 Å². The smallest absolute Gasteiger partial charge is 0.422 e. The molecule has 0 bridgehead atoms. The molecule has 0 radical (unpaired) electrons. The van der Waals surface area contributed by atoms with Crippen LogP contribution in [0.15, 0.2) is 51.7 Å². The number of quaternary nitrogens is 1. The van der Waals surface area contributed by atoms with E-state index in [9.17, 15) is 31.2 Å². The normalized spacial score (nSPS) is 12.0. The lowest BCUT2D eigenvalue weighted by molar-refractivity contribution is -0.862. The third-order valence-corrected chi connectivity index (χ3v) is 4.47. The van der Waals surface area contributed by atoms with Gasteiger partial charge in [-0.2, -0.15) is 26.3 Å². The Morgan fingerprint density at radius 2 is 1.73 bits per heavy atom. The Hall–Kier alpha value is -3.20. The minimum Gasteiger partial charge on any atom is -0.422 e. The van der Waals surface area contributed by atoms with Gasteiger partial charge in [0.15, 0.2) is 6.54 Å². The molecule has 0 atom stereocenters. The van der Waals surface area contributed by atoms with Crippen molar-refractivity contribution in [2.45, 2.75) is 12.7 Å². The van der Waals surface area contributed by atoms with E-state index in [1.807, 2.05) is 21.1 Å². The lowest BCUT2D eigenvalue weighted by Gasteiger charge is -2.22. The van der Waals surface area contributed by atoms with E-state index >= 15 is 0 Å². The third kappa shape index (κ3) is 10.4. The van der Waals surface area contributed by atoms with E-state index in [0.29, 0.717) is 21.3 Å². The Balaban J connectivity index is 0.000000877. The summed E-state index contributed by atoms with van der Waals surface area (Å²) in [6, 6.07) is 8.64. The molecule has 2 aromatic carbocycles.